The highest BCUT2D eigenvalue weighted by Gasteiger charge is 2.53. The molecule has 4 aliphatic rings. The van der Waals surface area contributed by atoms with E-state index in [1.54, 1.807) is 11.1 Å². The van der Waals surface area contributed by atoms with Crippen molar-refractivity contribution in [3.8, 4) is 0 Å². The number of halogens is 2. The van der Waals surface area contributed by atoms with E-state index in [1.807, 2.05) is 37.3 Å². The summed E-state index contributed by atoms with van der Waals surface area (Å²) in [6, 6.07) is 10.1. The SMILES string of the molecule is C=C(/C=C(F)\C=C(/C)F)[C@@]1(C)CNC2(CCCC2)C(=O)N1C/C=C\c1ccc2c(c1)C[C@@]1(C2)C(=O)Nc2ncccc21. The Bertz CT molecular complexity index is 1570. The maximum atomic E-state index is 14.5. The largest absolute Gasteiger partial charge is 0.327 e. The molecule has 8 heteroatoms. The second kappa shape index (κ2) is 10.4. The smallest absolute Gasteiger partial charge is 0.243 e. The number of carbonyl (C=O) groups is 2. The number of nitrogens with zero attached hydrogens (tertiary/aromatic N) is 2. The fourth-order valence-electron chi connectivity index (χ4n) is 7.17. The highest BCUT2D eigenvalue weighted by Crippen LogP contribution is 2.47. The molecule has 3 heterocycles. The fourth-order valence-corrected chi connectivity index (χ4v) is 7.17. The Kier molecular flexibility index (Phi) is 7.00. The number of carbonyl (C=O) groups excluding carboxylic acids is 2. The second-order valence-electron chi connectivity index (χ2n) is 12.3. The minimum absolute atomic E-state index is 0.00952. The Hall–Kier alpha value is -3.91. The Labute approximate surface area is 245 Å². The summed E-state index contributed by atoms with van der Waals surface area (Å²) in [5, 5.41) is 6.43. The number of benzene rings is 1. The summed E-state index contributed by atoms with van der Waals surface area (Å²) in [4.78, 5) is 33.2. The third-order valence-corrected chi connectivity index (χ3v) is 9.62. The Morgan fingerprint density at radius 3 is 2.64 bits per heavy atom. The van der Waals surface area contributed by atoms with Crippen molar-refractivity contribution >= 4 is 23.7 Å². The van der Waals surface area contributed by atoms with E-state index < -0.39 is 28.1 Å². The molecule has 0 unspecified atom stereocenters. The molecular weight excluding hydrogens is 534 g/mol. The molecule has 2 aliphatic carbocycles. The van der Waals surface area contributed by atoms with E-state index in [9.17, 15) is 18.4 Å². The van der Waals surface area contributed by atoms with Crippen LogP contribution in [0.4, 0.5) is 14.6 Å². The molecule has 2 aromatic rings. The number of fused-ring (bicyclic) bond motifs is 3. The summed E-state index contributed by atoms with van der Waals surface area (Å²) in [5.41, 5.74) is 2.46. The van der Waals surface area contributed by atoms with E-state index >= 15 is 0 Å². The van der Waals surface area contributed by atoms with Crippen LogP contribution in [0.2, 0.25) is 0 Å². The van der Waals surface area contributed by atoms with Gasteiger partial charge in [-0.3, -0.25) is 9.59 Å². The summed E-state index contributed by atoms with van der Waals surface area (Å²) >= 11 is 0. The van der Waals surface area contributed by atoms with Crippen LogP contribution in [-0.2, 0) is 27.8 Å². The average Bonchev–Trinajstić information content (AvgIpc) is 3.65. The number of rotatable bonds is 6. The van der Waals surface area contributed by atoms with Gasteiger partial charge in [0, 0.05) is 30.9 Å². The van der Waals surface area contributed by atoms with Crippen LogP contribution in [0.3, 0.4) is 0 Å². The molecule has 0 bridgehead atoms. The lowest BCUT2D eigenvalue weighted by atomic mass is 9.79. The summed E-state index contributed by atoms with van der Waals surface area (Å²) in [7, 11) is 0. The van der Waals surface area contributed by atoms with Crippen LogP contribution >= 0.6 is 0 Å². The molecular formula is C34H36F2N4O2. The normalized spacial score (nSPS) is 26.8. The summed E-state index contributed by atoms with van der Waals surface area (Å²) in [5.74, 6) is -0.758. The quantitative estimate of drug-likeness (QED) is 0.426. The highest BCUT2D eigenvalue weighted by molar-refractivity contribution is 6.06. The number of pyridine rings is 1. The standard InChI is InChI=1S/C34H36F2N4O2/c1-22(16-27(36)17-23(2)35)32(3)21-38-34(12-4-5-13-34)31(42)40(32)15-7-8-24-10-11-25-19-33(20-26(25)18-24)28-9-6-14-37-29(28)39-30(33)41/h6-11,14,16-18,38H,1,4-5,12-13,15,19-21H2,2-3H3,(H,37,39,41)/b8-7-,23-17+,27-16+/t32-,33-/m1/s1. The van der Waals surface area contributed by atoms with Gasteiger partial charge in [0.2, 0.25) is 11.8 Å². The first-order valence-electron chi connectivity index (χ1n) is 14.6. The van der Waals surface area contributed by atoms with Gasteiger partial charge in [-0.2, -0.15) is 0 Å². The van der Waals surface area contributed by atoms with Gasteiger partial charge in [0.1, 0.15) is 11.6 Å². The average molecular weight is 571 g/mol. The van der Waals surface area contributed by atoms with Crippen LogP contribution in [0, 0.1) is 0 Å². The van der Waals surface area contributed by atoms with Crippen molar-refractivity contribution in [1.82, 2.24) is 15.2 Å². The van der Waals surface area contributed by atoms with Gasteiger partial charge in [-0.1, -0.05) is 55.8 Å². The molecule has 218 valence electrons. The van der Waals surface area contributed by atoms with Crippen molar-refractivity contribution in [3.63, 3.8) is 0 Å². The van der Waals surface area contributed by atoms with E-state index in [0.717, 1.165) is 54.0 Å². The maximum Gasteiger partial charge on any atom is 0.243 e. The molecule has 2 fully saturated rings. The van der Waals surface area contributed by atoms with Gasteiger partial charge < -0.3 is 15.5 Å². The minimum Gasteiger partial charge on any atom is -0.327 e. The molecule has 42 heavy (non-hydrogen) atoms. The minimum atomic E-state index is -0.897. The van der Waals surface area contributed by atoms with E-state index in [2.05, 4.69) is 34.3 Å². The van der Waals surface area contributed by atoms with Crippen molar-refractivity contribution in [2.24, 2.45) is 0 Å². The number of nitrogens with one attached hydrogen (secondary N) is 2. The van der Waals surface area contributed by atoms with Crippen LogP contribution in [0.15, 0.2) is 78.6 Å². The van der Waals surface area contributed by atoms with Crippen molar-refractivity contribution in [3.05, 3.63) is 101 Å². The van der Waals surface area contributed by atoms with Crippen molar-refractivity contribution < 1.29 is 18.4 Å². The summed E-state index contributed by atoms with van der Waals surface area (Å²) in [6.07, 6.45) is 12.4. The van der Waals surface area contributed by atoms with Crippen molar-refractivity contribution in [2.45, 2.75) is 68.9 Å². The predicted molar refractivity (Wildman–Crippen MR) is 160 cm³/mol. The zero-order valence-corrected chi connectivity index (χ0v) is 24.1. The van der Waals surface area contributed by atoms with Crippen LogP contribution in [-0.4, -0.2) is 45.9 Å². The maximum absolute atomic E-state index is 14.5. The zero-order chi connectivity index (χ0) is 29.7. The Morgan fingerprint density at radius 1 is 1.12 bits per heavy atom. The molecule has 1 aromatic carbocycles. The van der Waals surface area contributed by atoms with Gasteiger partial charge >= 0.3 is 0 Å². The summed E-state index contributed by atoms with van der Waals surface area (Å²) in [6.45, 7) is 7.89. The molecule has 2 N–H and O–H groups in total. The number of aromatic nitrogens is 1. The number of piperazine rings is 1. The third kappa shape index (κ3) is 4.62. The molecule has 2 spiro atoms. The number of allylic oxidation sites excluding steroid dienone is 3. The monoisotopic (exact) mass is 570 g/mol. The van der Waals surface area contributed by atoms with Gasteiger partial charge in [0.15, 0.2) is 0 Å². The van der Waals surface area contributed by atoms with Gasteiger partial charge in [-0.15, -0.1) is 0 Å². The van der Waals surface area contributed by atoms with E-state index in [4.69, 9.17) is 0 Å². The molecule has 1 saturated carbocycles. The second-order valence-corrected chi connectivity index (χ2v) is 12.3. The molecule has 1 saturated heterocycles. The molecule has 2 amide bonds. The number of hydrogen-bond donors (Lipinski definition) is 2. The first kappa shape index (κ1) is 28.2. The topological polar surface area (TPSA) is 74.3 Å². The lowest BCUT2D eigenvalue weighted by molar-refractivity contribution is -0.147. The highest BCUT2D eigenvalue weighted by atomic mass is 19.1. The predicted octanol–water partition coefficient (Wildman–Crippen LogP) is 5.87. The van der Waals surface area contributed by atoms with Gasteiger partial charge in [0.05, 0.1) is 22.3 Å². The van der Waals surface area contributed by atoms with Crippen molar-refractivity contribution in [2.75, 3.05) is 18.4 Å². The molecule has 6 nitrogen and oxygen atoms in total. The Morgan fingerprint density at radius 2 is 1.88 bits per heavy atom. The molecule has 6 rings (SSSR count). The molecule has 0 radical (unpaired) electrons. The summed E-state index contributed by atoms with van der Waals surface area (Å²) < 4.78 is 27.8. The van der Waals surface area contributed by atoms with Crippen molar-refractivity contribution in [1.29, 1.82) is 0 Å². The zero-order valence-electron chi connectivity index (χ0n) is 24.1. The first-order valence-corrected chi connectivity index (χ1v) is 14.6. The lowest BCUT2D eigenvalue weighted by Crippen LogP contribution is -2.71. The van der Waals surface area contributed by atoms with Gasteiger partial charge in [0.25, 0.3) is 0 Å². The van der Waals surface area contributed by atoms with Gasteiger partial charge in [-0.05, 0) is 73.9 Å². The van der Waals surface area contributed by atoms with Crippen LogP contribution in [0.5, 0.6) is 0 Å². The van der Waals surface area contributed by atoms with E-state index in [0.29, 0.717) is 37.3 Å². The number of amides is 2. The first-order chi connectivity index (χ1) is 20.1. The number of anilines is 1. The van der Waals surface area contributed by atoms with Gasteiger partial charge in [-0.25, -0.2) is 13.8 Å². The van der Waals surface area contributed by atoms with Crippen LogP contribution < -0.4 is 10.6 Å². The van der Waals surface area contributed by atoms with Crippen LogP contribution in [0.25, 0.3) is 6.08 Å². The molecule has 2 aliphatic heterocycles. The molecule has 1 aromatic heterocycles. The Balaban J connectivity index is 1.24. The van der Waals surface area contributed by atoms with E-state index in [1.165, 1.54) is 13.0 Å². The fraction of sp³-hybridized carbons (Fsp3) is 0.382. The van der Waals surface area contributed by atoms with E-state index in [-0.39, 0.29) is 11.8 Å². The third-order valence-electron chi connectivity index (χ3n) is 9.62. The molecule has 2 atom stereocenters. The van der Waals surface area contributed by atoms with Crippen LogP contribution in [0.1, 0.15) is 61.8 Å². The lowest BCUT2D eigenvalue weighted by Gasteiger charge is -2.52. The number of hydrogen-bond acceptors (Lipinski definition) is 4.